The fraction of sp³-hybridized carbons (Fsp3) is 0.333. The first-order valence-corrected chi connectivity index (χ1v) is 11.4. The summed E-state index contributed by atoms with van der Waals surface area (Å²) < 4.78 is 27.0. The number of piperidine rings is 1. The van der Waals surface area contributed by atoms with Crippen molar-refractivity contribution in [2.45, 2.75) is 25.5 Å². The number of nitrogens with one attached hydrogen (secondary N) is 1. The van der Waals surface area contributed by atoms with Crippen molar-refractivity contribution in [1.29, 1.82) is 0 Å². The molecule has 29 heavy (non-hydrogen) atoms. The largest absolute Gasteiger partial charge is 0.326 e. The molecular formula is C21H23ClN2O4S. The Morgan fingerprint density at radius 1 is 1.17 bits per heavy atom. The van der Waals surface area contributed by atoms with Crippen molar-refractivity contribution < 1.29 is 18.0 Å². The van der Waals surface area contributed by atoms with Gasteiger partial charge in [-0.05, 0) is 49.6 Å². The number of Topliss-reactive ketones (excluding diaryl/α,β-unsaturated/α-hetero) is 1. The number of hydrogen-bond acceptors (Lipinski definition) is 4. The predicted molar refractivity (Wildman–Crippen MR) is 113 cm³/mol. The maximum absolute atomic E-state index is 12.8. The van der Waals surface area contributed by atoms with Gasteiger partial charge in [0.25, 0.3) is 0 Å². The third-order valence-corrected chi connectivity index (χ3v) is 7.02. The molecule has 1 heterocycles. The predicted octanol–water partition coefficient (Wildman–Crippen LogP) is 3.72. The standard InChI is InChI=1S/C21H23ClN2O4S/c1-15(25)17-4-2-6-20(12-17)23-21(26)18-5-3-11-24(13-18)29(27,28)14-16-7-9-19(22)10-8-16/h2,4,6-10,12,18H,3,5,11,13-14H2,1H3,(H,23,26)/t18-/m0/s1. The summed E-state index contributed by atoms with van der Waals surface area (Å²) in [6.07, 6.45) is 1.23. The van der Waals surface area contributed by atoms with Crippen LogP contribution in [0.1, 0.15) is 35.7 Å². The molecule has 0 bridgehead atoms. The van der Waals surface area contributed by atoms with Crippen LogP contribution >= 0.6 is 11.6 Å². The molecule has 0 saturated carbocycles. The van der Waals surface area contributed by atoms with E-state index < -0.39 is 15.9 Å². The normalized spacial score (nSPS) is 17.7. The topological polar surface area (TPSA) is 83.6 Å². The van der Waals surface area contributed by atoms with E-state index in [0.29, 0.717) is 41.2 Å². The summed E-state index contributed by atoms with van der Waals surface area (Å²) in [7, 11) is -3.54. The molecule has 1 saturated heterocycles. The molecule has 2 aromatic carbocycles. The summed E-state index contributed by atoms with van der Waals surface area (Å²) in [4.78, 5) is 24.2. The van der Waals surface area contributed by atoms with Crippen LogP contribution in [-0.4, -0.2) is 37.5 Å². The number of hydrogen-bond donors (Lipinski definition) is 1. The molecule has 6 nitrogen and oxygen atoms in total. The van der Waals surface area contributed by atoms with E-state index in [1.807, 2.05) is 0 Å². The van der Waals surface area contributed by atoms with Crippen molar-refractivity contribution in [2.75, 3.05) is 18.4 Å². The summed E-state index contributed by atoms with van der Waals surface area (Å²) >= 11 is 5.86. The molecule has 1 aliphatic heterocycles. The third-order valence-electron chi connectivity index (χ3n) is 4.95. The van der Waals surface area contributed by atoms with E-state index in [0.717, 1.165) is 0 Å². The molecule has 3 rings (SSSR count). The van der Waals surface area contributed by atoms with Gasteiger partial charge >= 0.3 is 0 Å². The number of rotatable bonds is 6. The van der Waals surface area contributed by atoms with Gasteiger partial charge in [-0.1, -0.05) is 35.9 Å². The molecule has 0 radical (unpaired) electrons. The summed E-state index contributed by atoms with van der Waals surface area (Å²) in [6.45, 7) is 2.01. The molecule has 0 spiro atoms. The molecule has 0 aromatic heterocycles. The number of ketones is 1. The molecule has 1 fully saturated rings. The second kappa shape index (κ2) is 9.07. The zero-order valence-electron chi connectivity index (χ0n) is 16.1. The van der Waals surface area contributed by atoms with Crippen LogP contribution in [0.4, 0.5) is 5.69 Å². The molecule has 0 aliphatic carbocycles. The highest BCUT2D eigenvalue weighted by Crippen LogP contribution is 2.23. The maximum Gasteiger partial charge on any atom is 0.228 e. The highest BCUT2D eigenvalue weighted by molar-refractivity contribution is 7.88. The van der Waals surface area contributed by atoms with Crippen molar-refractivity contribution in [3.8, 4) is 0 Å². The van der Waals surface area contributed by atoms with Crippen molar-refractivity contribution >= 4 is 39.0 Å². The minimum Gasteiger partial charge on any atom is -0.326 e. The third kappa shape index (κ3) is 5.65. The van der Waals surface area contributed by atoms with Crippen LogP contribution in [0.5, 0.6) is 0 Å². The number of sulfonamides is 1. The van der Waals surface area contributed by atoms with Gasteiger partial charge in [-0.25, -0.2) is 12.7 Å². The first-order chi connectivity index (χ1) is 13.7. The van der Waals surface area contributed by atoms with E-state index in [-0.39, 0.29) is 24.0 Å². The lowest BCUT2D eigenvalue weighted by molar-refractivity contribution is -0.120. The Hall–Kier alpha value is -2.22. The number of halogens is 1. The zero-order chi connectivity index (χ0) is 21.0. The Balaban J connectivity index is 1.66. The van der Waals surface area contributed by atoms with Gasteiger partial charge < -0.3 is 5.32 Å². The first kappa shape index (κ1) is 21.5. The number of carbonyl (C=O) groups excluding carboxylic acids is 2. The molecule has 1 atom stereocenters. The van der Waals surface area contributed by atoms with Crippen LogP contribution in [0, 0.1) is 5.92 Å². The van der Waals surface area contributed by atoms with E-state index >= 15 is 0 Å². The average Bonchev–Trinajstić information content (AvgIpc) is 2.70. The minimum atomic E-state index is -3.54. The summed E-state index contributed by atoms with van der Waals surface area (Å²) in [5.41, 5.74) is 1.70. The lowest BCUT2D eigenvalue weighted by Crippen LogP contribution is -2.44. The second-order valence-corrected chi connectivity index (χ2v) is 9.61. The highest BCUT2D eigenvalue weighted by Gasteiger charge is 2.32. The van der Waals surface area contributed by atoms with Gasteiger partial charge in [0, 0.05) is 29.4 Å². The molecule has 8 heteroatoms. The van der Waals surface area contributed by atoms with Gasteiger partial charge in [0.2, 0.25) is 15.9 Å². The van der Waals surface area contributed by atoms with Crippen LogP contribution < -0.4 is 5.32 Å². The van der Waals surface area contributed by atoms with E-state index in [1.54, 1.807) is 48.5 Å². The molecular weight excluding hydrogens is 412 g/mol. The van der Waals surface area contributed by atoms with Crippen LogP contribution in [-0.2, 0) is 20.6 Å². The Morgan fingerprint density at radius 3 is 2.59 bits per heavy atom. The van der Waals surface area contributed by atoms with Crippen molar-refractivity contribution in [1.82, 2.24) is 4.31 Å². The number of nitrogens with zero attached hydrogens (tertiary/aromatic N) is 1. The smallest absolute Gasteiger partial charge is 0.228 e. The van der Waals surface area contributed by atoms with Crippen LogP contribution in [0.2, 0.25) is 5.02 Å². The summed E-state index contributed by atoms with van der Waals surface area (Å²) in [5, 5.41) is 3.36. The van der Waals surface area contributed by atoms with E-state index in [9.17, 15) is 18.0 Å². The summed E-state index contributed by atoms with van der Waals surface area (Å²) in [6, 6.07) is 13.4. The number of carbonyl (C=O) groups is 2. The number of anilines is 1. The fourth-order valence-electron chi connectivity index (χ4n) is 3.35. The summed E-state index contributed by atoms with van der Waals surface area (Å²) in [5.74, 6) is -0.890. The monoisotopic (exact) mass is 434 g/mol. The second-order valence-electron chi connectivity index (χ2n) is 7.21. The van der Waals surface area contributed by atoms with Gasteiger partial charge in [-0.2, -0.15) is 0 Å². The molecule has 1 N–H and O–H groups in total. The SMILES string of the molecule is CC(=O)c1cccc(NC(=O)[C@H]2CCCN(S(=O)(=O)Cc3ccc(Cl)cc3)C2)c1. The Labute approximate surface area is 175 Å². The number of benzene rings is 2. The quantitative estimate of drug-likeness (QED) is 0.702. The lowest BCUT2D eigenvalue weighted by Gasteiger charge is -2.31. The van der Waals surface area contributed by atoms with Crippen LogP contribution in [0.15, 0.2) is 48.5 Å². The Bertz CT molecular complexity index is 1010. The molecule has 154 valence electrons. The van der Waals surface area contributed by atoms with Gasteiger partial charge in [0.1, 0.15) is 0 Å². The molecule has 1 amide bonds. The Kier molecular flexibility index (Phi) is 6.72. The average molecular weight is 435 g/mol. The van der Waals surface area contributed by atoms with Crippen molar-refractivity contribution in [3.63, 3.8) is 0 Å². The van der Waals surface area contributed by atoms with Gasteiger partial charge in [0.05, 0.1) is 11.7 Å². The maximum atomic E-state index is 12.8. The van der Waals surface area contributed by atoms with Crippen LogP contribution in [0.25, 0.3) is 0 Å². The van der Waals surface area contributed by atoms with Crippen molar-refractivity contribution in [2.24, 2.45) is 5.92 Å². The van der Waals surface area contributed by atoms with E-state index in [4.69, 9.17) is 11.6 Å². The first-order valence-electron chi connectivity index (χ1n) is 9.39. The van der Waals surface area contributed by atoms with Gasteiger partial charge in [-0.15, -0.1) is 0 Å². The van der Waals surface area contributed by atoms with E-state index in [2.05, 4.69) is 5.32 Å². The number of amides is 1. The lowest BCUT2D eigenvalue weighted by atomic mass is 9.98. The molecule has 0 unspecified atom stereocenters. The molecule has 2 aromatic rings. The highest BCUT2D eigenvalue weighted by atomic mass is 35.5. The molecule has 1 aliphatic rings. The van der Waals surface area contributed by atoms with Gasteiger partial charge in [-0.3, -0.25) is 9.59 Å². The van der Waals surface area contributed by atoms with Gasteiger partial charge in [0.15, 0.2) is 5.78 Å². The Morgan fingerprint density at radius 2 is 1.90 bits per heavy atom. The van der Waals surface area contributed by atoms with E-state index in [1.165, 1.54) is 11.2 Å². The van der Waals surface area contributed by atoms with Crippen molar-refractivity contribution in [3.05, 3.63) is 64.7 Å². The zero-order valence-corrected chi connectivity index (χ0v) is 17.7. The van der Waals surface area contributed by atoms with Crippen LogP contribution in [0.3, 0.4) is 0 Å². The fourth-order valence-corrected chi connectivity index (χ4v) is 5.09. The minimum absolute atomic E-state index is 0.0850.